The number of benzene rings is 1. The molecule has 1 unspecified atom stereocenters. The van der Waals surface area contributed by atoms with Gasteiger partial charge in [-0.1, -0.05) is 22.0 Å². The average Bonchev–Trinajstić information content (AvgIpc) is 2.91. The van der Waals surface area contributed by atoms with E-state index < -0.39 is 0 Å². The molecular formula is C16H18BrNO2S. The van der Waals surface area contributed by atoms with Gasteiger partial charge in [0.25, 0.3) is 0 Å². The van der Waals surface area contributed by atoms with E-state index in [1.54, 1.807) is 12.1 Å². The Hall–Kier alpha value is -1.17. The molecule has 0 aliphatic carbocycles. The molecule has 0 fully saturated rings. The Morgan fingerprint density at radius 2 is 2.14 bits per heavy atom. The molecule has 2 rings (SSSR count). The highest BCUT2D eigenvalue weighted by Crippen LogP contribution is 2.24. The van der Waals surface area contributed by atoms with Gasteiger partial charge in [-0.3, -0.25) is 0 Å². The highest BCUT2D eigenvalue weighted by atomic mass is 79.9. The predicted molar refractivity (Wildman–Crippen MR) is 89.8 cm³/mol. The molecule has 1 aromatic heterocycles. The zero-order valence-corrected chi connectivity index (χ0v) is 14.7. The Morgan fingerprint density at radius 3 is 2.71 bits per heavy atom. The number of hydrogen-bond acceptors (Lipinski definition) is 4. The molecule has 0 aliphatic heterocycles. The number of carbonyl (C=O) groups is 1. The van der Waals surface area contributed by atoms with Crippen molar-refractivity contribution in [2.24, 2.45) is 0 Å². The molecule has 112 valence electrons. The Labute approximate surface area is 137 Å². The Balaban J connectivity index is 2.01. The van der Waals surface area contributed by atoms with E-state index in [2.05, 4.69) is 47.2 Å². The first kappa shape index (κ1) is 16.2. The molecule has 2 aromatic rings. The third-order valence-electron chi connectivity index (χ3n) is 3.26. The second-order valence-corrected chi connectivity index (χ2v) is 7.02. The van der Waals surface area contributed by atoms with Crippen LogP contribution in [0, 0.1) is 6.92 Å². The molecule has 5 heteroatoms. The minimum Gasteiger partial charge on any atom is -0.465 e. The highest BCUT2D eigenvalue weighted by Gasteiger charge is 2.11. The zero-order valence-electron chi connectivity index (χ0n) is 12.3. The van der Waals surface area contributed by atoms with E-state index in [1.165, 1.54) is 16.9 Å². The first-order valence-electron chi connectivity index (χ1n) is 6.67. The van der Waals surface area contributed by atoms with Crippen molar-refractivity contribution in [1.29, 1.82) is 0 Å². The van der Waals surface area contributed by atoms with Gasteiger partial charge < -0.3 is 10.1 Å². The molecule has 0 saturated carbocycles. The lowest BCUT2D eigenvalue weighted by Gasteiger charge is -2.13. The van der Waals surface area contributed by atoms with Crippen molar-refractivity contribution in [1.82, 2.24) is 5.32 Å². The van der Waals surface area contributed by atoms with Crippen LogP contribution in [-0.4, -0.2) is 13.1 Å². The number of nitrogens with one attached hydrogen (secondary N) is 1. The maximum absolute atomic E-state index is 11.5. The molecule has 21 heavy (non-hydrogen) atoms. The highest BCUT2D eigenvalue weighted by molar-refractivity contribution is 9.10. The summed E-state index contributed by atoms with van der Waals surface area (Å²) in [4.78, 5) is 14.1. The molecule has 0 radical (unpaired) electrons. The van der Waals surface area contributed by atoms with E-state index in [9.17, 15) is 4.79 Å². The molecule has 0 aliphatic rings. The number of carbonyl (C=O) groups excluding carboxylic acids is 1. The van der Waals surface area contributed by atoms with Crippen molar-refractivity contribution in [3.63, 3.8) is 0 Å². The van der Waals surface area contributed by atoms with E-state index in [1.807, 2.05) is 17.4 Å². The smallest absolute Gasteiger partial charge is 0.337 e. The standard InChI is InChI=1S/C16H18BrNO2S/c1-10-4-7-15(21-10)11(2)18-9-13-6-5-12(8-14(13)17)16(19)20-3/h4-8,11,18H,9H2,1-3H3. The molecule has 0 bridgehead atoms. The maximum atomic E-state index is 11.5. The van der Waals surface area contributed by atoms with Gasteiger partial charge in [-0.2, -0.15) is 0 Å². The number of methoxy groups -OCH3 is 1. The van der Waals surface area contributed by atoms with Crippen LogP contribution < -0.4 is 5.32 Å². The van der Waals surface area contributed by atoms with Crippen LogP contribution in [0.25, 0.3) is 0 Å². The number of rotatable bonds is 5. The van der Waals surface area contributed by atoms with Crippen molar-refractivity contribution in [3.05, 3.63) is 55.7 Å². The number of hydrogen-bond donors (Lipinski definition) is 1. The van der Waals surface area contributed by atoms with Crippen molar-refractivity contribution in [2.45, 2.75) is 26.4 Å². The summed E-state index contributed by atoms with van der Waals surface area (Å²) in [5.74, 6) is -0.322. The lowest BCUT2D eigenvalue weighted by Crippen LogP contribution is -2.17. The monoisotopic (exact) mass is 367 g/mol. The molecule has 0 saturated heterocycles. The first-order chi connectivity index (χ1) is 10.0. The summed E-state index contributed by atoms with van der Waals surface area (Å²) in [6.45, 7) is 5.01. The van der Waals surface area contributed by atoms with Crippen LogP contribution in [0.3, 0.4) is 0 Å². The summed E-state index contributed by atoms with van der Waals surface area (Å²) in [7, 11) is 1.39. The topological polar surface area (TPSA) is 38.3 Å². The third-order valence-corrected chi connectivity index (χ3v) is 5.18. The van der Waals surface area contributed by atoms with Crippen LogP contribution in [-0.2, 0) is 11.3 Å². The summed E-state index contributed by atoms with van der Waals surface area (Å²) >= 11 is 5.32. The van der Waals surface area contributed by atoms with Crippen LogP contribution in [0.4, 0.5) is 0 Å². The lowest BCUT2D eigenvalue weighted by molar-refractivity contribution is 0.0600. The largest absolute Gasteiger partial charge is 0.465 e. The van der Waals surface area contributed by atoms with E-state index in [-0.39, 0.29) is 5.97 Å². The third kappa shape index (κ3) is 4.15. The molecule has 0 amide bonds. The zero-order chi connectivity index (χ0) is 15.4. The second-order valence-electron chi connectivity index (χ2n) is 4.85. The molecule has 3 nitrogen and oxygen atoms in total. The second kappa shape index (κ2) is 7.20. The lowest BCUT2D eigenvalue weighted by atomic mass is 10.1. The van der Waals surface area contributed by atoms with Gasteiger partial charge in [0.1, 0.15) is 0 Å². The van der Waals surface area contributed by atoms with Crippen molar-refractivity contribution >= 4 is 33.2 Å². The number of thiophene rings is 1. The summed E-state index contributed by atoms with van der Waals surface area (Å²) in [6.07, 6.45) is 0. The van der Waals surface area contributed by atoms with E-state index in [0.717, 1.165) is 16.6 Å². The van der Waals surface area contributed by atoms with Gasteiger partial charge >= 0.3 is 5.97 Å². The van der Waals surface area contributed by atoms with Crippen LogP contribution in [0.15, 0.2) is 34.8 Å². The molecule has 1 aromatic carbocycles. The van der Waals surface area contributed by atoms with Crippen molar-refractivity contribution in [2.75, 3.05) is 7.11 Å². The average molecular weight is 368 g/mol. The van der Waals surface area contributed by atoms with Gasteiger partial charge in [0.05, 0.1) is 12.7 Å². The van der Waals surface area contributed by atoms with Crippen LogP contribution in [0.2, 0.25) is 0 Å². The van der Waals surface area contributed by atoms with Crippen molar-refractivity contribution in [3.8, 4) is 0 Å². The Morgan fingerprint density at radius 1 is 1.38 bits per heavy atom. The van der Waals surface area contributed by atoms with Gasteiger partial charge in [0.15, 0.2) is 0 Å². The van der Waals surface area contributed by atoms with E-state index in [4.69, 9.17) is 4.74 Å². The fourth-order valence-electron chi connectivity index (χ4n) is 1.99. The number of aryl methyl sites for hydroxylation is 1. The molecule has 1 heterocycles. The number of esters is 1. The fraction of sp³-hybridized carbons (Fsp3) is 0.312. The summed E-state index contributed by atoms with van der Waals surface area (Å²) < 4.78 is 5.63. The molecule has 1 atom stereocenters. The first-order valence-corrected chi connectivity index (χ1v) is 8.28. The normalized spacial score (nSPS) is 12.2. The van der Waals surface area contributed by atoms with Gasteiger partial charge in [-0.15, -0.1) is 11.3 Å². The van der Waals surface area contributed by atoms with Gasteiger partial charge in [0.2, 0.25) is 0 Å². The minimum atomic E-state index is -0.322. The summed E-state index contributed by atoms with van der Waals surface area (Å²) in [5, 5.41) is 3.50. The predicted octanol–water partition coefficient (Wildman–Crippen LogP) is 4.46. The van der Waals surface area contributed by atoms with Crippen molar-refractivity contribution < 1.29 is 9.53 Å². The van der Waals surface area contributed by atoms with Crippen LogP contribution in [0.1, 0.15) is 38.6 Å². The SMILES string of the molecule is COC(=O)c1ccc(CNC(C)c2ccc(C)s2)c(Br)c1. The molecular weight excluding hydrogens is 350 g/mol. The van der Waals surface area contributed by atoms with Gasteiger partial charge in [-0.05, 0) is 43.7 Å². The Bertz CT molecular complexity index is 639. The van der Waals surface area contributed by atoms with Gasteiger partial charge in [-0.25, -0.2) is 4.79 Å². The number of halogens is 1. The summed E-state index contributed by atoms with van der Waals surface area (Å²) in [5.41, 5.74) is 1.66. The van der Waals surface area contributed by atoms with Crippen LogP contribution >= 0.6 is 27.3 Å². The molecule has 0 spiro atoms. The van der Waals surface area contributed by atoms with Crippen LogP contribution in [0.5, 0.6) is 0 Å². The maximum Gasteiger partial charge on any atom is 0.337 e. The molecule has 1 N–H and O–H groups in total. The van der Waals surface area contributed by atoms with Gasteiger partial charge in [0, 0.05) is 26.8 Å². The fourth-order valence-corrected chi connectivity index (χ4v) is 3.41. The quantitative estimate of drug-likeness (QED) is 0.792. The minimum absolute atomic E-state index is 0.302. The summed E-state index contributed by atoms with van der Waals surface area (Å²) in [6, 6.07) is 10.1. The number of ether oxygens (including phenoxy) is 1. The van der Waals surface area contributed by atoms with E-state index >= 15 is 0 Å². The Kier molecular flexibility index (Phi) is 5.56. The van der Waals surface area contributed by atoms with E-state index in [0.29, 0.717) is 11.6 Å².